The SMILES string of the molecule is COc1cc(F)c(C(C)NC(=O)CC(N)c2ccccc2)cc1OC.Cl. The molecule has 5 nitrogen and oxygen atoms in total. The number of nitrogens with two attached hydrogens (primary N) is 1. The van der Waals surface area contributed by atoms with Gasteiger partial charge in [0.05, 0.1) is 20.3 Å². The summed E-state index contributed by atoms with van der Waals surface area (Å²) < 4.78 is 24.5. The standard InChI is InChI=1S/C19H23FN2O3.ClH/c1-12(14-9-17(24-2)18(25-3)10-15(14)20)22-19(23)11-16(21)13-7-5-4-6-8-13;/h4-10,12,16H,11,21H2,1-3H3,(H,22,23);1H. The fourth-order valence-corrected chi connectivity index (χ4v) is 2.60. The van der Waals surface area contributed by atoms with Gasteiger partial charge in [-0.25, -0.2) is 4.39 Å². The van der Waals surface area contributed by atoms with Crippen LogP contribution in [-0.2, 0) is 4.79 Å². The molecule has 0 saturated carbocycles. The summed E-state index contributed by atoms with van der Waals surface area (Å²) in [4.78, 5) is 12.2. The summed E-state index contributed by atoms with van der Waals surface area (Å²) in [5, 5.41) is 2.77. The summed E-state index contributed by atoms with van der Waals surface area (Å²) >= 11 is 0. The molecule has 26 heavy (non-hydrogen) atoms. The number of benzene rings is 2. The van der Waals surface area contributed by atoms with Crippen LogP contribution in [0.1, 0.15) is 36.6 Å². The minimum absolute atomic E-state index is 0. The number of carbonyl (C=O) groups is 1. The molecule has 0 aliphatic rings. The van der Waals surface area contributed by atoms with Gasteiger partial charge in [0, 0.05) is 24.1 Å². The number of nitrogens with one attached hydrogen (secondary N) is 1. The summed E-state index contributed by atoms with van der Waals surface area (Å²) in [6, 6.07) is 11.2. The molecule has 2 unspecified atom stereocenters. The average Bonchev–Trinajstić information content (AvgIpc) is 2.61. The second-order valence-electron chi connectivity index (χ2n) is 5.74. The van der Waals surface area contributed by atoms with E-state index in [-0.39, 0.29) is 24.7 Å². The minimum Gasteiger partial charge on any atom is -0.493 e. The van der Waals surface area contributed by atoms with Gasteiger partial charge in [0.15, 0.2) is 11.5 Å². The van der Waals surface area contributed by atoms with E-state index in [0.29, 0.717) is 17.1 Å². The molecule has 7 heteroatoms. The minimum atomic E-state index is -0.532. The van der Waals surface area contributed by atoms with Crippen LogP contribution in [0.5, 0.6) is 11.5 Å². The Labute approximate surface area is 159 Å². The van der Waals surface area contributed by atoms with Gasteiger partial charge in [-0.05, 0) is 18.6 Å². The molecule has 2 rings (SSSR count). The van der Waals surface area contributed by atoms with Gasteiger partial charge < -0.3 is 20.5 Å². The Morgan fingerprint density at radius 1 is 1.15 bits per heavy atom. The zero-order valence-electron chi connectivity index (χ0n) is 15.0. The maximum Gasteiger partial charge on any atom is 0.222 e. The molecule has 0 fully saturated rings. The third-order valence-electron chi connectivity index (χ3n) is 3.98. The summed E-state index contributed by atoms with van der Waals surface area (Å²) in [5.41, 5.74) is 7.25. The van der Waals surface area contributed by atoms with Crippen LogP contribution in [0, 0.1) is 5.82 Å². The molecule has 0 aliphatic heterocycles. The lowest BCUT2D eigenvalue weighted by atomic mass is 10.0. The van der Waals surface area contributed by atoms with Crippen LogP contribution < -0.4 is 20.5 Å². The fourth-order valence-electron chi connectivity index (χ4n) is 2.60. The highest BCUT2D eigenvalue weighted by molar-refractivity contribution is 5.85. The molecule has 0 bridgehead atoms. The number of carbonyl (C=O) groups excluding carboxylic acids is 1. The van der Waals surface area contributed by atoms with E-state index in [0.717, 1.165) is 5.56 Å². The van der Waals surface area contributed by atoms with E-state index in [1.807, 2.05) is 30.3 Å². The lowest BCUT2D eigenvalue weighted by Gasteiger charge is -2.19. The highest BCUT2D eigenvalue weighted by atomic mass is 35.5. The zero-order valence-corrected chi connectivity index (χ0v) is 15.8. The van der Waals surface area contributed by atoms with Crippen molar-refractivity contribution in [1.29, 1.82) is 0 Å². The number of amides is 1. The molecule has 0 aromatic heterocycles. The van der Waals surface area contributed by atoms with Crippen molar-refractivity contribution in [2.24, 2.45) is 5.73 Å². The van der Waals surface area contributed by atoms with Crippen molar-refractivity contribution in [1.82, 2.24) is 5.32 Å². The van der Waals surface area contributed by atoms with Crippen molar-refractivity contribution in [3.05, 3.63) is 59.4 Å². The maximum atomic E-state index is 14.3. The Balaban J connectivity index is 0.00000338. The third kappa shape index (κ3) is 5.34. The number of ether oxygens (including phenoxy) is 2. The number of hydrogen-bond donors (Lipinski definition) is 2. The predicted molar refractivity (Wildman–Crippen MR) is 101 cm³/mol. The van der Waals surface area contributed by atoms with Crippen LogP contribution in [0.2, 0.25) is 0 Å². The largest absolute Gasteiger partial charge is 0.493 e. The Kier molecular flexibility index (Phi) is 8.35. The first-order chi connectivity index (χ1) is 12.0. The van der Waals surface area contributed by atoms with Gasteiger partial charge >= 0.3 is 0 Å². The Morgan fingerprint density at radius 2 is 1.73 bits per heavy atom. The second-order valence-corrected chi connectivity index (χ2v) is 5.74. The molecule has 3 N–H and O–H groups in total. The van der Waals surface area contributed by atoms with Crippen molar-refractivity contribution >= 4 is 18.3 Å². The van der Waals surface area contributed by atoms with Crippen molar-refractivity contribution in [2.75, 3.05) is 14.2 Å². The summed E-state index contributed by atoms with van der Waals surface area (Å²) in [7, 11) is 2.91. The smallest absolute Gasteiger partial charge is 0.222 e. The average molecular weight is 383 g/mol. The molecule has 0 saturated heterocycles. The number of hydrogen-bond acceptors (Lipinski definition) is 4. The molecule has 0 heterocycles. The van der Waals surface area contributed by atoms with E-state index in [2.05, 4.69) is 5.32 Å². The van der Waals surface area contributed by atoms with Crippen molar-refractivity contribution in [3.63, 3.8) is 0 Å². The molecule has 2 aromatic carbocycles. The van der Waals surface area contributed by atoms with E-state index in [4.69, 9.17) is 15.2 Å². The quantitative estimate of drug-likeness (QED) is 0.768. The van der Waals surface area contributed by atoms with Crippen molar-refractivity contribution in [2.45, 2.75) is 25.4 Å². The van der Waals surface area contributed by atoms with Crippen LogP contribution in [0.4, 0.5) is 4.39 Å². The molecular formula is C19H24ClFN2O3. The summed E-state index contributed by atoms with van der Waals surface area (Å²) in [6.07, 6.45) is 0.114. The monoisotopic (exact) mass is 382 g/mol. The van der Waals surface area contributed by atoms with Crippen molar-refractivity contribution in [3.8, 4) is 11.5 Å². The van der Waals surface area contributed by atoms with Crippen LogP contribution in [0.25, 0.3) is 0 Å². The molecule has 0 radical (unpaired) electrons. The van der Waals surface area contributed by atoms with Crippen LogP contribution in [0.15, 0.2) is 42.5 Å². The molecule has 142 valence electrons. The van der Waals surface area contributed by atoms with E-state index in [1.165, 1.54) is 26.4 Å². The van der Waals surface area contributed by atoms with Crippen LogP contribution in [-0.4, -0.2) is 20.1 Å². The number of rotatable bonds is 7. The second kappa shape index (κ2) is 9.99. The van der Waals surface area contributed by atoms with Gasteiger partial charge in [-0.15, -0.1) is 12.4 Å². The lowest BCUT2D eigenvalue weighted by molar-refractivity contribution is -0.122. The Bertz CT molecular complexity index is 728. The summed E-state index contributed by atoms with van der Waals surface area (Å²) in [5.74, 6) is -0.0230. The van der Waals surface area contributed by atoms with Gasteiger partial charge in [0.1, 0.15) is 5.82 Å². The van der Waals surface area contributed by atoms with Gasteiger partial charge in [-0.3, -0.25) is 4.79 Å². The molecule has 1 amide bonds. The van der Waals surface area contributed by atoms with Gasteiger partial charge in [0.2, 0.25) is 5.91 Å². The predicted octanol–water partition coefficient (Wildman–Crippen LogP) is 3.53. The third-order valence-corrected chi connectivity index (χ3v) is 3.98. The van der Waals surface area contributed by atoms with Crippen molar-refractivity contribution < 1.29 is 18.7 Å². The first kappa shape index (κ1) is 21.7. The normalized spacial score (nSPS) is 12.5. The fraction of sp³-hybridized carbons (Fsp3) is 0.316. The van der Waals surface area contributed by atoms with Crippen LogP contribution in [0.3, 0.4) is 0 Å². The topological polar surface area (TPSA) is 73.6 Å². The van der Waals surface area contributed by atoms with Gasteiger partial charge in [-0.1, -0.05) is 30.3 Å². The van der Waals surface area contributed by atoms with E-state index < -0.39 is 17.9 Å². The zero-order chi connectivity index (χ0) is 18.4. The summed E-state index contributed by atoms with van der Waals surface area (Å²) in [6.45, 7) is 1.70. The molecule has 2 aromatic rings. The highest BCUT2D eigenvalue weighted by Crippen LogP contribution is 2.32. The molecule has 0 aliphatic carbocycles. The van der Waals surface area contributed by atoms with E-state index in [1.54, 1.807) is 6.92 Å². The number of halogens is 2. The molecule has 2 atom stereocenters. The van der Waals surface area contributed by atoms with Gasteiger partial charge in [-0.2, -0.15) is 0 Å². The lowest BCUT2D eigenvalue weighted by Crippen LogP contribution is -2.30. The highest BCUT2D eigenvalue weighted by Gasteiger charge is 2.19. The van der Waals surface area contributed by atoms with Gasteiger partial charge in [0.25, 0.3) is 0 Å². The van der Waals surface area contributed by atoms with E-state index in [9.17, 15) is 9.18 Å². The first-order valence-corrected chi connectivity index (χ1v) is 7.97. The Hall–Kier alpha value is -2.31. The molecular weight excluding hydrogens is 359 g/mol. The molecule has 0 spiro atoms. The Morgan fingerprint density at radius 3 is 2.31 bits per heavy atom. The first-order valence-electron chi connectivity index (χ1n) is 7.97. The maximum absolute atomic E-state index is 14.3. The number of methoxy groups -OCH3 is 2. The van der Waals surface area contributed by atoms with E-state index >= 15 is 0 Å². The van der Waals surface area contributed by atoms with Crippen LogP contribution >= 0.6 is 12.4 Å².